The molecule has 0 aromatic heterocycles. The summed E-state index contributed by atoms with van der Waals surface area (Å²) in [6.45, 7) is 6.05. The highest BCUT2D eigenvalue weighted by molar-refractivity contribution is 5.99. The molecule has 28 heavy (non-hydrogen) atoms. The highest BCUT2D eigenvalue weighted by atomic mass is 19.1. The number of rotatable bonds is 3. The summed E-state index contributed by atoms with van der Waals surface area (Å²) in [7, 11) is 0. The topological polar surface area (TPSA) is 30.8 Å². The minimum Gasteiger partial charge on any atom is -0.444 e. The maximum absolute atomic E-state index is 13.6. The van der Waals surface area contributed by atoms with Crippen LogP contribution in [0.1, 0.15) is 37.5 Å². The smallest absolute Gasteiger partial charge is 0.307 e. The van der Waals surface area contributed by atoms with Gasteiger partial charge in [0.15, 0.2) is 0 Å². The largest absolute Gasteiger partial charge is 0.444 e. The fourth-order valence-electron chi connectivity index (χ4n) is 3.26. The van der Waals surface area contributed by atoms with Gasteiger partial charge in [-0.05, 0) is 63.2 Å². The summed E-state index contributed by atoms with van der Waals surface area (Å²) < 4.78 is 26.5. The molecule has 0 saturated carbocycles. The van der Waals surface area contributed by atoms with Crippen molar-refractivity contribution < 1.29 is 13.9 Å². The molecule has 3 nitrogen and oxygen atoms in total. The molecule has 1 aliphatic rings. The number of hydrogen-bond donors (Lipinski definition) is 0. The maximum Gasteiger partial charge on any atom is 0.307 e. The Balaban J connectivity index is 1.93. The minimum atomic E-state index is -1.24. The number of nitrogens with zero attached hydrogens (tertiary/aromatic N) is 1. The van der Waals surface area contributed by atoms with E-state index >= 15 is 0 Å². The second-order valence-electron chi connectivity index (χ2n) is 7.77. The van der Waals surface area contributed by atoms with Crippen LogP contribution < -0.4 is 4.74 Å². The summed E-state index contributed by atoms with van der Waals surface area (Å²) in [5.41, 5.74) is 2.09. The highest BCUT2D eigenvalue weighted by Crippen LogP contribution is 2.44. The van der Waals surface area contributed by atoms with Crippen LogP contribution in [0, 0.1) is 5.82 Å². The number of para-hydroxylation sites is 1. The lowest BCUT2D eigenvalue weighted by atomic mass is 9.95. The fraction of sp³-hybridized carbons (Fsp3) is 0.208. The summed E-state index contributed by atoms with van der Waals surface area (Å²) in [5.74, 6) is -0.383. The average Bonchev–Trinajstić information content (AvgIpc) is 2.96. The van der Waals surface area contributed by atoms with E-state index in [1.54, 1.807) is 12.1 Å². The first kappa shape index (κ1) is 18.2. The zero-order chi connectivity index (χ0) is 19.8. The molecule has 0 N–H and O–H groups in total. The van der Waals surface area contributed by atoms with Crippen LogP contribution in [0.15, 0.2) is 83.9 Å². The van der Waals surface area contributed by atoms with Gasteiger partial charge in [-0.1, -0.05) is 36.4 Å². The minimum absolute atomic E-state index is 0.312. The van der Waals surface area contributed by atoms with E-state index in [9.17, 15) is 4.39 Å². The molecule has 1 heterocycles. The van der Waals surface area contributed by atoms with E-state index < -0.39 is 5.79 Å². The van der Waals surface area contributed by atoms with Gasteiger partial charge >= 0.3 is 5.79 Å². The van der Waals surface area contributed by atoms with Crippen LogP contribution >= 0.6 is 0 Å². The normalized spacial score (nSPS) is 19.9. The summed E-state index contributed by atoms with van der Waals surface area (Å²) in [5, 5.41) is 0. The lowest BCUT2D eigenvalue weighted by Crippen LogP contribution is -2.35. The molecule has 1 atom stereocenters. The third-order valence-corrected chi connectivity index (χ3v) is 4.42. The number of aliphatic imine (C=N–C) groups is 1. The van der Waals surface area contributed by atoms with E-state index in [1.165, 1.54) is 12.1 Å². The first-order valence-electron chi connectivity index (χ1n) is 9.26. The van der Waals surface area contributed by atoms with Gasteiger partial charge in [0.1, 0.15) is 11.6 Å². The zero-order valence-electron chi connectivity index (χ0n) is 16.1. The van der Waals surface area contributed by atoms with E-state index in [0.717, 1.165) is 11.1 Å². The van der Waals surface area contributed by atoms with Gasteiger partial charge in [0.05, 0.1) is 11.1 Å². The van der Waals surface area contributed by atoms with Gasteiger partial charge in [0.2, 0.25) is 5.90 Å². The Hall–Kier alpha value is -3.14. The fourth-order valence-corrected chi connectivity index (χ4v) is 3.26. The van der Waals surface area contributed by atoms with Crippen molar-refractivity contribution in [3.8, 4) is 5.75 Å². The molecule has 4 heteroatoms. The molecule has 0 radical (unpaired) electrons. The number of halogens is 1. The summed E-state index contributed by atoms with van der Waals surface area (Å²) in [6, 6.07) is 23.5. The van der Waals surface area contributed by atoms with Crippen LogP contribution in [0.4, 0.5) is 4.39 Å². The molecule has 1 aliphatic heterocycles. The molecule has 0 aliphatic carbocycles. The van der Waals surface area contributed by atoms with Crippen molar-refractivity contribution in [2.75, 3.05) is 0 Å². The monoisotopic (exact) mass is 375 g/mol. The van der Waals surface area contributed by atoms with Crippen LogP contribution in [-0.4, -0.2) is 11.4 Å². The van der Waals surface area contributed by atoms with Crippen LogP contribution in [0.2, 0.25) is 0 Å². The molecule has 0 amide bonds. The number of fused-ring (bicyclic) bond motifs is 1. The Morgan fingerprint density at radius 1 is 0.857 bits per heavy atom. The molecule has 4 rings (SSSR count). The van der Waals surface area contributed by atoms with Crippen molar-refractivity contribution >= 4 is 5.90 Å². The predicted octanol–water partition coefficient (Wildman–Crippen LogP) is 5.68. The SMILES string of the molecule is CC(C)(C)N=C1OC(Oc2ccccc2)(c2ccc(F)cc2)c2ccccc21. The van der Waals surface area contributed by atoms with Crippen molar-refractivity contribution in [1.82, 2.24) is 0 Å². The first-order chi connectivity index (χ1) is 13.4. The quantitative estimate of drug-likeness (QED) is 0.589. The van der Waals surface area contributed by atoms with Crippen LogP contribution in [0.3, 0.4) is 0 Å². The van der Waals surface area contributed by atoms with E-state index in [0.29, 0.717) is 17.2 Å². The van der Waals surface area contributed by atoms with Gasteiger partial charge < -0.3 is 9.47 Å². The van der Waals surface area contributed by atoms with Gasteiger partial charge in [-0.3, -0.25) is 0 Å². The van der Waals surface area contributed by atoms with Crippen molar-refractivity contribution in [3.05, 3.63) is 101 Å². The van der Waals surface area contributed by atoms with Gasteiger partial charge in [-0.25, -0.2) is 9.38 Å². The second kappa shape index (κ2) is 6.79. The zero-order valence-corrected chi connectivity index (χ0v) is 16.1. The predicted molar refractivity (Wildman–Crippen MR) is 108 cm³/mol. The van der Waals surface area contributed by atoms with Gasteiger partial charge in [-0.15, -0.1) is 0 Å². The van der Waals surface area contributed by atoms with Crippen molar-refractivity contribution in [2.45, 2.75) is 32.1 Å². The van der Waals surface area contributed by atoms with E-state index in [4.69, 9.17) is 14.5 Å². The molecule has 0 bridgehead atoms. The summed E-state index contributed by atoms with van der Waals surface area (Å²) >= 11 is 0. The van der Waals surface area contributed by atoms with Crippen molar-refractivity contribution in [2.24, 2.45) is 4.99 Å². The van der Waals surface area contributed by atoms with Crippen LogP contribution in [-0.2, 0) is 10.5 Å². The molecule has 142 valence electrons. The average molecular weight is 375 g/mol. The Labute approximate surface area is 164 Å². The Kier molecular flexibility index (Phi) is 4.42. The molecule has 1 unspecified atom stereocenters. The number of ether oxygens (including phenoxy) is 2. The lowest BCUT2D eigenvalue weighted by Gasteiger charge is -2.31. The van der Waals surface area contributed by atoms with E-state index in [1.807, 2.05) is 75.4 Å². The Morgan fingerprint density at radius 3 is 2.18 bits per heavy atom. The van der Waals surface area contributed by atoms with Crippen LogP contribution in [0.25, 0.3) is 0 Å². The lowest BCUT2D eigenvalue weighted by molar-refractivity contribution is -0.0850. The standard InChI is InChI=1S/C24H22FNO2/c1-23(2,3)26-22-20-11-7-8-12-21(20)24(28-22,17-13-15-18(25)16-14-17)27-19-9-5-4-6-10-19/h4-16H,1-3H3. The molecular formula is C24H22FNO2. The second-order valence-corrected chi connectivity index (χ2v) is 7.77. The number of hydrogen-bond acceptors (Lipinski definition) is 3. The van der Waals surface area contributed by atoms with Gasteiger partial charge in [0.25, 0.3) is 0 Å². The molecular weight excluding hydrogens is 353 g/mol. The third-order valence-electron chi connectivity index (χ3n) is 4.42. The van der Waals surface area contributed by atoms with Crippen molar-refractivity contribution in [1.29, 1.82) is 0 Å². The Bertz CT molecular complexity index is 1010. The molecule has 3 aromatic rings. The summed E-state index contributed by atoms with van der Waals surface area (Å²) in [6.07, 6.45) is 0. The van der Waals surface area contributed by atoms with Crippen molar-refractivity contribution in [3.63, 3.8) is 0 Å². The van der Waals surface area contributed by atoms with Crippen LogP contribution in [0.5, 0.6) is 5.75 Å². The maximum atomic E-state index is 13.6. The third kappa shape index (κ3) is 3.38. The van der Waals surface area contributed by atoms with E-state index in [-0.39, 0.29) is 11.4 Å². The van der Waals surface area contributed by atoms with E-state index in [2.05, 4.69) is 0 Å². The first-order valence-corrected chi connectivity index (χ1v) is 9.26. The number of benzene rings is 3. The summed E-state index contributed by atoms with van der Waals surface area (Å²) in [4.78, 5) is 4.77. The highest BCUT2D eigenvalue weighted by Gasteiger charge is 2.49. The Morgan fingerprint density at radius 2 is 1.50 bits per heavy atom. The molecule has 0 fully saturated rings. The molecule has 0 spiro atoms. The van der Waals surface area contributed by atoms with Gasteiger partial charge in [0, 0.05) is 11.1 Å². The molecule has 3 aromatic carbocycles. The van der Waals surface area contributed by atoms with Gasteiger partial charge in [-0.2, -0.15) is 0 Å². The molecule has 0 saturated heterocycles.